The van der Waals surface area contributed by atoms with Crippen molar-refractivity contribution in [1.29, 1.82) is 0 Å². The van der Waals surface area contributed by atoms with Crippen LogP contribution in [-0.4, -0.2) is 59.6 Å². The van der Waals surface area contributed by atoms with Crippen molar-refractivity contribution in [2.75, 3.05) is 26.0 Å². The highest BCUT2D eigenvalue weighted by Crippen LogP contribution is 2.36. The van der Waals surface area contributed by atoms with Gasteiger partial charge < -0.3 is 19.3 Å². The van der Waals surface area contributed by atoms with E-state index in [1.165, 1.54) is 28.8 Å². The van der Waals surface area contributed by atoms with E-state index < -0.39 is 17.7 Å². The van der Waals surface area contributed by atoms with Gasteiger partial charge in [0.25, 0.3) is 0 Å². The van der Waals surface area contributed by atoms with Gasteiger partial charge in [-0.1, -0.05) is 37.3 Å². The normalized spacial score (nSPS) is 27.8. The summed E-state index contributed by atoms with van der Waals surface area (Å²) in [6.07, 6.45) is 6.94. The molecule has 3 aliphatic rings. The number of aliphatic hydroxyl groups excluding tert-OH is 1. The van der Waals surface area contributed by atoms with Gasteiger partial charge in [-0.25, -0.2) is 8.78 Å². The third kappa shape index (κ3) is 7.48. The maximum absolute atomic E-state index is 14.2. The molecule has 0 radical (unpaired) electrons. The van der Waals surface area contributed by atoms with E-state index in [0.717, 1.165) is 56.2 Å². The fourth-order valence-corrected chi connectivity index (χ4v) is 7.55. The molecular formula is C36H43F2NO4S. The number of hydrogen-bond donors (Lipinski definition) is 1. The zero-order valence-corrected chi connectivity index (χ0v) is 26.4. The minimum atomic E-state index is -0.435. The Morgan fingerprint density at radius 3 is 2.55 bits per heavy atom. The molecule has 3 aliphatic heterocycles. The maximum atomic E-state index is 14.2. The van der Waals surface area contributed by atoms with Crippen molar-refractivity contribution < 1.29 is 28.1 Å². The van der Waals surface area contributed by atoms with Crippen molar-refractivity contribution in [3.63, 3.8) is 0 Å². The Kier molecular flexibility index (Phi) is 10.2. The molecule has 1 N–H and O–H groups in total. The highest BCUT2D eigenvalue weighted by molar-refractivity contribution is 7.99. The van der Waals surface area contributed by atoms with Gasteiger partial charge in [-0.15, -0.1) is 11.8 Å². The molecule has 3 aromatic rings. The summed E-state index contributed by atoms with van der Waals surface area (Å²) < 4.78 is 46.5. The van der Waals surface area contributed by atoms with Gasteiger partial charge in [0.1, 0.15) is 28.9 Å². The lowest BCUT2D eigenvalue weighted by Gasteiger charge is -2.35. The van der Waals surface area contributed by atoms with Gasteiger partial charge in [-0.05, 0) is 90.9 Å². The van der Waals surface area contributed by atoms with E-state index in [1.807, 2.05) is 6.26 Å². The summed E-state index contributed by atoms with van der Waals surface area (Å²) >= 11 is 1.66. The second-order valence-electron chi connectivity index (χ2n) is 12.4. The third-order valence-electron chi connectivity index (χ3n) is 9.38. The van der Waals surface area contributed by atoms with E-state index >= 15 is 0 Å². The summed E-state index contributed by atoms with van der Waals surface area (Å²) in [6, 6.07) is 18.9. The lowest BCUT2D eigenvalue weighted by molar-refractivity contribution is -0.0605. The monoisotopic (exact) mass is 623 g/mol. The van der Waals surface area contributed by atoms with Gasteiger partial charge in [-0.3, -0.25) is 4.90 Å². The molecule has 5 unspecified atom stereocenters. The molecule has 236 valence electrons. The van der Waals surface area contributed by atoms with Crippen LogP contribution in [0.3, 0.4) is 0 Å². The van der Waals surface area contributed by atoms with E-state index in [1.54, 1.807) is 11.8 Å². The number of rotatable bonds is 9. The summed E-state index contributed by atoms with van der Waals surface area (Å²) in [5.74, 6) is 0.0311. The molecule has 6 rings (SSSR count). The first-order chi connectivity index (χ1) is 21.4. The van der Waals surface area contributed by atoms with Crippen molar-refractivity contribution in [2.45, 2.75) is 87.8 Å². The van der Waals surface area contributed by atoms with Gasteiger partial charge in [0.15, 0.2) is 0 Å². The van der Waals surface area contributed by atoms with Crippen LogP contribution in [0.2, 0.25) is 0 Å². The predicted molar refractivity (Wildman–Crippen MR) is 170 cm³/mol. The van der Waals surface area contributed by atoms with Crippen molar-refractivity contribution in [2.24, 2.45) is 0 Å². The van der Waals surface area contributed by atoms with Gasteiger partial charge in [0.2, 0.25) is 0 Å². The highest BCUT2D eigenvalue weighted by Gasteiger charge is 2.34. The van der Waals surface area contributed by atoms with Crippen molar-refractivity contribution >= 4 is 11.8 Å². The zero-order chi connectivity index (χ0) is 30.6. The van der Waals surface area contributed by atoms with Crippen LogP contribution in [0.5, 0.6) is 5.75 Å². The highest BCUT2D eigenvalue weighted by atomic mass is 32.2. The molecule has 3 fully saturated rings. The van der Waals surface area contributed by atoms with Crippen molar-refractivity contribution in [3.8, 4) is 5.75 Å². The predicted octanol–water partition coefficient (Wildman–Crippen LogP) is 7.39. The number of halogens is 2. The summed E-state index contributed by atoms with van der Waals surface area (Å²) in [4.78, 5) is 2.41. The molecule has 6 atom stereocenters. The molecule has 5 nitrogen and oxygen atoms in total. The molecular weight excluding hydrogens is 580 g/mol. The Morgan fingerprint density at radius 1 is 0.955 bits per heavy atom. The van der Waals surface area contributed by atoms with E-state index in [2.05, 4.69) is 54.3 Å². The molecule has 3 saturated heterocycles. The van der Waals surface area contributed by atoms with E-state index in [9.17, 15) is 13.9 Å². The maximum Gasteiger partial charge on any atom is 0.129 e. The Balaban J connectivity index is 1.02. The molecule has 0 bridgehead atoms. The van der Waals surface area contributed by atoms with Crippen LogP contribution in [0, 0.1) is 11.6 Å². The summed E-state index contributed by atoms with van der Waals surface area (Å²) in [7, 11) is 0. The number of thioether (sulfide) groups is 1. The fraction of sp³-hybridized carbons (Fsp3) is 0.500. The van der Waals surface area contributed by atoms with Crippen LogP contribution in [0.1, 0.15) is 79.1 Å². The minimum Gasteiger partial charge on any atom is -0.489 e. The molecule has 0 saturated carbocycles. The first-order valence-electron chi connectivity index (χ1n) is 15.9. The van der Waals surface area contributed by atoms with Crippen LogP contribution < -0.4 is 4.74 Å². The molecule has 0 aromatic heterocycles. The number of likely N-dealkylation sites (tertiary alicyclic amines) is 1. The average molecular weight is 624 g/mol. The van der Waals surface area contributed by atoms with Crippen LogP contribution in [-0.2, 0) is 22.3 Å². The Labute approximate surface area is 263 Å². The fourth-order valence-electron chi connectivity index (χ4n) is 6.89. The van der Waals surface area contributed by atoms with Crippen LogP contribution in [0.25, 0.3) is 0 Å². The second-order valence-corrected chi connectivity index (χ2v) is 13.4. The Morgan fingerprint density at radius 2 is 1.80 bits per heavy atom. The summed E-state index contributed by atoms with van der Waals surface area (Å²) in [5, 5.41) is 10.4. The Hall–Kier alpha value is -2.49. The average Bonchev–Trinajstić information content (AvgIpc) is 3.51. The first kappa shape index (κ1) is 31.5. The van der Waals surface area contributed by atoms with Crippen LogP contribution in [0.4, 0.5) is 8.78 Å². The molecule has 3 heterocycles. The number of aryl methyl sites for hydroxylation is 1. The van der Waals surface area contributed by atoms with E-state index in [4.69, 9.17) is 14.2 Å². The van der Waals surface area contributed by atoms with Gasteiger partial charge >= 0.3 is 0 Å². The molecule has 0 spiro atoms. The number of benzene rings is 3. The van der Waals surface area contributed by atoms with Crippen molar-refractivity contribution in [3.05, 3.63) is 100 Å². The lowest BCUT2D eigenvalue weighted by Crippen LogP contribution is -2.41. The number of hydrogen-bond acceptors (Lipinski definition) is 6. The van der Waals surface area contributed by atoms with Crippen molar-refractivity contribution in [1.82, 2.24) is 4.90 Å². The minimum absolute atomic E-state index is 0.0265. The molecule has 0 amide bonds. The first-order valence-corrected chi connectivity index (χ1v) is 17.2. The van der Waals surface area contributed by atoms with Gasteiger partial charge in [0.05, 0.1) is 24.9 Å². The SMILES string of the molecule is CCc1ccc(C2CC(O)CC(SC)O2)cc1Cc1ccc(OC2CCN([C@@H]3CCC(c4cc(F)ccc4F)OC3)C2)cc1. The lowest BCUT2D eigenvalue weighted by atomic mass is 9.92. The number of nitrogens with zero attached hydrogens (tertiary/aromatic N) is 1. The Bertz CT molecular complexity index is 1400. The molecule has 3 aromatic carbocycles. The smallest absolute Gasteiger partial charge is 0.129 e. The summed E-state index contributed by atoms with van der Waals surface area (Å²) in [5.41, 5.74) is 5.34. The topological polar surface area (TPSA) is 51.2 Å². The van der Waals surface area contributed by atoms with Gasteiger partial charge in [-0.2, -0.15) is 0 Å². The third-order valence-corrected chi connectivity index (χ3v) is 10.2. The van der Waals surface area contributed by atoms with Gasteiger partial charge in [0, 0.05) is 37.5 Å². The molecule has 0 aliphatic carbocycles. The number of ether oxygens (including phenoxy) is 3. The summed E-state index contributed by atoms with van der Waals surface area (Å²) in [6.45, 7) is 4.46. The quantitative estimate of drug-likeness (QED) is 0.268. The standard InChI is InChI=1S/C36H43F2NO4S/c1-3-24-6-7-25(35-19-29(40)20-36(43-35)44-2)17-26(24)16-23-4-10-30(11-5-23)42-31-14-15-39(21-31)28-9-13-34(41-22-28)32-18-27(37)8-12-33(32)38/h4-8,10-12,17-18,28-29,31,34-36,40H,3,9,13-16,19-22H2,1-2H3/t28-,29?,31?,34?,35?,36?/m1/s1. The molecule has 44 heavy (non-hydrogen) atoms. The van der Waals surface area contributed by atoms with Crippen LogP contribution in [0.15, 0.2) is 60.7 Å². The second kappa shape index (κ2) is 14.3. The van der Waals surface area contributed by atoms with E-state index in [0.29, 0.717) is 31.4 Å². The van der Waals surface area contributed by atoms with Crippen LogP contribution >= 0.6 is 11.8 Å². The van der Waals surface area contributed by atoms with E-state index in [-0.39, 0.29) is 29.8 Å². The molecule has 8 heteroatoms. The largest absolute Gasteiger partial charge is 0.489 e. The zero-order valence-electron chi connectivity index (χ0n) is 25.6. The number of aliphatic hydroxyl groups is 1.